The maximum absolute atomic E-state index is 10.8. The van der Waals surface area contributed by atoms with Crippen molar-refractivity contribution < 1.29 is 9.90 Å². The number of hydrogen-bond donors (Lipinski definition) is 1. The molecule has 0 spiro atoms. The fourth-order valence-electron chi connectivity index (χ4n) is 1.32. The minimum atomic E-state index is -0.950. The van der Waals surface area contributed by atoms with Crippen molar-refractivity contribution in [2.24, 2.45) is 0 Å². The summed E-state index contributed by atoms with van der Waals surface area (Å²) in [4.78, 5) is 18.9. The smallest absolute Gasteiger partial charge is 0.339 e. The summed E-state index contributed by atoms with van der Waals surface area (Å²) >= 11 is 0. The average Bonchev–Trinajstić information content (AvgIpc) is 2.01. The largest absolute Gasteiger partial charge is 0.478 e. The molecule has 1 heterocycles. The molecular weight excluding hydrogens is 168 g/mol. The number of aromatic nitrogens is 2. The topological polar surface area (TPSA) is 63.1 Å². The molecule has 1 aromatic heterocycles. The van der Waals surface area contributed by atoms with Crippen LogP contribution in [-0.2, 0) is 6.42 Å². The number of nitrogens with zero attached hydrogens (tertiary/aromatic N) is 2. The van der Waals surface area contributed by atoms with Crippen molar-refractivity contribution in [3.63, 3.8) is 0 Å². The SMILES string of the molecule is CCc1nc(C)nc(C)c1C(=O)O. The molecule has 0 aliphatic heterocycles. The van der Waals surface area contributed by atoms with Crippen LogP contribution >= 0.6 is 0 Å². The number of aryl methyl sites for hydroxylation is 3. The summed E-state index contributed by atoms with van der Waals surface area (Å²) < 4.78 is 0. The van der Waals surface area contributed by atoms with Gasteiger partial charge in [0.1, 0.15) is 11.4 Å². The summed E-state index contributed by atoms with van der Waals surface area (Å²) in [6.45, 7) is 5.34. The Kier molecular flexibility index (Phi) is 2.60. The lowest BCUT2D eigenvalue weighted by Crippen LogP contribution is -2.10. The van der Waals surface area contributed by atoms with E-state index in [1.165, 1.54) is 0 Å². The molecule has 0 bridgehead atoms. The zero-order valence-electron chi connectivity index (χ0n) is 7.96. The first-order valence-corrected chi connectivity index (χ1v) is 4.13. The van der Waals surface area contributed by atoms with Crippen LogP contribution in [0.3, 0.4) is 0 Å². The van der Waals surface area contributed by atoms with Gasteiger partial charge in [-0.3, -0.25) is 0 Å². The van der Waals surface area contributed by atoms with Gasteiger partial charge in [-0.1, -0.05) is 6.92 Å². The van der Waals surface area contributed by atoms with Crippen LogP contribution in [0.25, 0.3) is 0 Å². The highest BCUT2D eigenvalue weighted by Gasteiger charge is 2.14. The molecule has 13 heavy (non-hydrogen) atoms. The maximum Gasteiger partial charge on any atom is 0.339 e. The van der Waals surface area contributed by atoms with Gasteiger partial charge in [-0.25, -0.2) is 14.8 Å². The molecule has 0 saturated heterocycles. The Balaban J connectivity index is 3.38. The summed E-state index contributed by atoms with van der Waals surface area (Å²) in [5.74, 6) is -0.325. The first-order valence-electron chi connectivity index (χ1n) is 4.13. The Morgan fingerprint density at radius 1 is 1.38 bits per heavy atom. The fraction of sp³-hybridized carbons (Fsp3) is 0.444. The second-order valence-corrected chi connectivity index (χ2v) is 2.84. The van der Waals surface area contributed by atoms with E-state index in [1.807, 2.05) is 6.92 Å². The minimum absolute atomic E-state index is 0.244. The van der Waals surface area contributed by atoms with Crippen LogP contribution in [-0.4, -0.2) is 21.0 Å². The molecule has 4 heteroatoms. The van der Waals surface area contributed by atoms with Gasteiger partial charge >= 0.3 is 5.97 Å². The number of carboxylic acid groups (broad SMARTS) is 1. The number of aromatic carboxylic acids is 1. The third-order valence-electron chi connectivity index (χ3n) is 1.83. The van der Waals surface area contributed by atoms with Gasteiger partial charge in [0.2, 0.25) is 0 Å². The number of carbonyl (C=O) groups is 1. The first kappa shape index (κ1) is 9.64. The molecule has 0 unspecified atom stereocenters. The predicted molar refractivity (Wildman–Crippen MR) is 47.8 cm³/mol. The zero-order valence-corrected chi connectivity index (χ0v) is 7.96. The van der Waals surface area contributed by atoms with Crippen LogP contribution in [0.4, 0.5) is 0 Å². The molecule has 0 aromatic carbocycles. The van der Waals surface area contributed by atoms with Gasteiger partial charge in [0, 0.05) is 0 Å². The van der Waals surface area contributed by atoms with Gasteiger partial charge in [0.05, 0.1) is 11.4 Å². The monoisotopic (exact) mass is 180 g/mol. The highest BCUT2D eigenvalue weighted by Crippen LogP contribution is 2.11. The number of rotatable bonds is 2. The fourth-order valence-corrected chi connectivity index (χ4v) is 1.32. The van der Waals surface area contributed by atoms with Gasteiger partial charge in [-0.2, -0.15) is 0 Å². The third-order valence-corrected chi connectivity index (χ3v) is 1.83. The molecule has 1 N–H and O–H groups in total. The van der Waals surface area contributed by atoms with Crippen molar-refractivity contribution in [1.29, 1.82) is 0 Å². The minimum Gasteiger partial charge on any atom is -0.478 e. The molecule has 1 aromatic rings. The number of carboxylic acids is 1. The van der Waals surface area contributed by atoms with Gasteiger partial charge in [-0.15, -0.1) is 0 Å². The van der Waals surface area contributed by atoms with Crippen molar-refractivity contribution >= 4 is 5.97 Å². The van der Waals surface area contributed by atoms with Crippen molar-refractivity contribution in [1.82, 2.24) is 9.97 Å². The lowest BCUT2D eigenvalue weighted by molar-refractivity contribution is 0.0693. The van der Waals surface area contributed by atoms with E-state index >= 15 is 0 Å². The Morgan fingerprint density at radius 3 is 2.46 bits per heavy atom. The lowest BCUT2D eigenvalue weighted by Gasteiger charge is -2.06. The molecule has 0 saturated carbocycles. The van der Waals surface area contributed by atoms with Crippen LogP contribution in [0.2, 0.25) is 0 Å². The summed E-state index contributed by atoms with van der Waals surface area (Å²) in [6.07, 6.45) is 0.617. The molecule has 0 radical (unpaired) electrons. The van der Waals surface area contributed by atoms with Gasteiger partial charge in [0.15, 0.2) is 0 Å². The molecular formula is C9H12N2O2. The Hall–Kier alpha value is -1.45. The summed E-state index contributed by atoms with van der Waals surface area (Å²) in [6, 6.07) is 0. The van der Waals surface area contributed by atoms with Crippen molar-refractivity contribution in [2.45, 2.75) is 27.2 Å². The normalized spacial score (nSPS) is 10.1. The first-order chi connectivity index (χ1) is 6.06. The predicted octanol–water partition coefficient (Wildman–Crippen LogP) is 1.35. The maximum atomic E-state index is 10.8. The Morgan fingerprint density at radius 2 is 2.00 bits per heavy atom. The van der Waals surface area contributed by atoms with E-state index in [9.17, 15) is 4.79 Å². The van der Waals surface area contributed by atoms with Crippen molar-refractivity contribution in [2.75, 3.05) is 0 Å². The Labute approximate surface area is 76.7 Å². The van der Waals surface area contributed by atoms with E-state index in [1.54, 1.807) is 13.8 Å². The quantitative estimate of drug-likeness (QED) is 0.746. The molecule has 0 atom stereocenters. The second kappa shape index (κ2) is 3.51. The van der Waals surface area contributed by atoms with Gasteiger partial charge in [-0.05, 0) is 20.3 Å². The molecule has 0 fully saturated rings. The van der Waals surface area contributed by atoms with Crippen molar-refractivity contribution in [3.8, 4) is 0 Å². The lowest BCUT2D eigenvalue weighted by atomic mass is 10.1. The zero-order chi connectivity index (χ0) is 10.0. The third kappa shape index (κ3) is 1.83. The summed E-state index contributed by atoms with van der Waals surface area (Å²) in [5.41, 5.74) is 1.39. The van der Waals surface area contributed by atoms with E-state index in [0.717, 1.165) is 0 Å². The molecule has 4 nitrogen and oxygen atoms in total. The molecule has 0 aliphatic rings. The summed E-state index contributed by atoms with van der Waals surface area (Å²) in [7, 11) is 0. The Bertz CT molecular complexity index is 348. The van der Waals surface area contributed by atoms with E-state index in [2.05, 4.69) is 9.97 Å². The number of hydrogen-bond acceptors (Lipinski definition) is 3. The molecule has 0 amide bonds. The van der Waals surface area contributed by atoms with Crippen LogP contribution < -0.4 is 0 Å². The van der Waals surface area contributed by atoms with Crippen LogP contribution in [0.15, 0.2) is 0 Å². The van der Waals surface area contributed by atoms with Gasteiger partial charge < -0.3 is 5.11 Å². The second-order valence-electron chi connectivity index (χ2n) is 2.84. The molecule has 1 rings (SSSR count). The highest BCUT2D eigenvalue weighted by atomic mass is 16.4. The highest BCUT2D eigenvalue weighted by molar-refractivity contribution is 5.90. The standard InChI is InChI=1S/C9H12N2O2/c1-4-7-8(9(12)13)5(2)10-6(3)11-7/h4H2,1-3H3,(H,12,13). The van der Waals surface area contributed by atoms with Crippen LogP contribution in [0, 0.1) is 13.8 Å². The van der Waals surface area contributed by atoms with Crippen LogP contribution in [0.5, 0.6) is 0 Å². The van der Waals surface area contributed by atoms with E-state index < -0.39 is 5.97 Å². The van der Waals surface area contributed by atoms with E-state index in [4.69, 9.17) is 5.11 Å². The van der Waals surface area contributed by atoms with Gasteiger partial charge in [0.25, 0.3) is 0 Å². The van der Waals surface area contributed by atoms with E-state index in [-0.39, 0.29) is 5.56 Å². The molecule has 70 valence electrons. The average molecular weight is 180 g/mol. The van der Waals surface area contributed by atoms with E-state index in [0.29, 0.717) is 23.6 Å². The summed E-state index contributed by atoms with van der Waals surface area (Å²) in [5, 5.41) is 8.89. The van der Waals surface area contributed by atoms with Crippen molar-refractivity contribution in [3.05, 3.63) is 22.8 Å². The van der Waals surface area contributed by atoms with Crippen LogP contribution in [0.1, 0.15) is 34.5 Å². The molecule has 0 aliphatic carbocycles.